The first-order chi connectivity index (χ1) is 8.88. The summed E-state index contributed by atoms with van der Waals surface area (Å²) in [5.41, 5.74) is 2.47. The van der Waals surface area contributed by atoms with Crippen molar-refractivity contribution in [3.63, 3.8) is 0 Å². The maximum atomic E-state index is 12.1. The third kappa shape index (κ3) is 3.03. The quantitative estimate of drug-likeness (QED) is 0.856. The minimum atomic E-state index is -0.439. The van der Waals surface area contributed by atoms with E-state index in [1.165, 1.54) is 6.20 Å². The number of amides is 1. The normalized spacial score (nSPS) is 11.6. The van der Waals surface area contributed by atoms with Gasteiger partial charge >= 0.3 is 0 Å². The molecule has 6 heteroatoms. The second-order valence-electron chi connectivity index (χ2n) is 5.24. The van der Waals surface area contributed by atoms with Crippen LogP contribution in [0.2, 0.25) is 0 Å². The van der Waals surface area contributed by atoms with E-state index in [4.69, 9.17) is 4.84 Å². The van der Waals surface area contributed by atoms with Crippen LogP contribution in [0.3, 0.4) is 0 Å². The molecule has 2 heterocycles. The summed E-state index contributed by atoms with van der Waals surface area (Å²) in [6.07, 6.45) is 5.24. The summed E-state index contributed by atoms with van der Waals surface area (Å²) < 4.78 is 3.48. The third-order valence-electron chi connectivity index (χ3n) is 2.45. The predicted molar refractivity (Wildman–Crippen MR) is 70.8 cm³/mol. The number of nitrogens with zero attached hydrogens (tertiary/aromatic N) is 3. The lowest BCUT2D eigenvalue weighted by atomic mass is 10.2. The van der Waals surface area contributed by atoms with Gasteiger partial charge in [0.25, 0.3) is 5.91 Å². The van der Waals surface area contributed by atoms with Crippen molar-refractivity contribution < 1.29 is 9.63 Å². The molecule has 1 N–H and O–H groups in total. The molecular weight excluding hydrogens is 244 g/mol. The van der Waals surface area contributed by atoms with Gasteiger partial charge in [0.05, 0.1) is 11.8 Å². The van der Waals surface area contributed by atoms with Gasteiger partial charge in [-0.15, -0.1) is 0 Å². The highest BCUT2D eigenvalue weighted by Crippen LogP contribution is 2.14. The summed E-state index contributed by atoms with van der Waals surface area (Å²) in [5, 5.41) is 4.12. The number of hydrogen-bond acceptors (Lipinski definition) is 3. The van der Waals surface area contributed by atoms with Crippen molar-refractivity contribution in [2.75, 3.05) is 0 Å². The van der Waals surface area contributed by atoms with Crippen LogP contribution in [0.15, 0.2) is 30.7 Å². The van der Waals surface area contributed by atoms with Crippen molar-refractivity contribution in [3.05, 3.63) is 36.3 Å². The Bertz CT molecular complexity index is 564. The van der Waals surface area contributed by atoms with Gasteiger partial charge in [-0.1, -0.05) is 0 Å². The zero-order valence-corrected chi connectivity index (χ0v) is 11.5. The zero-order chi connectivity index (χ0) is 14.0. The lowest BCUT2D eigenvalue weighted by Gasteiger charge is -2.19. The Morgan fingerprint density at radius 3 is 2.53 bits per heavy atom. The van der Waals surface area contributed by atoms with Crippen LogP contribution in [0.25, 0.3) is 5.82 Å². The smallest absolute Gasteiger partial charge is 0.280 e. The monoisotopic (exact) mass is 262 g/mol. The second kappa shape index (κ2) is 4.89. The lowest BCUT2D eigenvalue weighted by molar-refractivity contribution is -0.0589. The van der Waals surface area contributed by atoms with Crippen molar-refractivity contribution in [1.82, 2.24) is 19.8 Å². The van der Waals surface area contributed by atoms with Crippen molar-refractivity contribution in [2.24, 2.45) is 7.05 Å². The molecule has 0 atom stereocenters. The highest BCUT2D eigenvalue weighted by molar-refractivity contribution is 5.96. The molecule has 0 aliphatic heterocycles. The van der Waals surface area contributed by atoms with Gasteiger partial charge in [0.15, 0.2) is 0 Å². The molecule has 0 aromatic carbocycles. The summed E-state index contributed by atoms with van der Waals surface area (Å²) in [6, 6.07) is 3.78. The summed E-state index contributed by atoms with van der Waals surface area (Å²) in [7, 11) is 1.79. The van der Waals surface area contributed by atoms with Gasteiger partial charge in [-0.05, 0) is 32.9 Å². The van der Waals surface area contributed by atoms with E-state index in [0.29, 0.717) is 11.4 Å². The molecule has 0 aliphatic rings. The molecule has 0 radical (unpaired) electrons. The fourth-order valence-corrected chi connectivity index (χ4v) is 1.63. The van der Waals surface area contributed by atoms with E-state index >= 15 is 0 Å². The van der Waals surface area contributed by atoms with Crippen LogP contribution in [-0.2, 0) is 11.9 Å². The molecule has 19 heavy (non-hydrogen) atoms. The number of hydroxylamine groups is 1. The number of hydrogen-bond donors (Lipinski definition) is 1. The van der Waals surface area contributed by atoms with Crippen LogP contribution in [0.4, 0.5) is 0 Å². The summed E-state index contributed by atoms with van der Waals surface area (Å²) >= 11 is 0. The van der Waals surface area contributed by atoms with Gasteiger partial charge < -0.3 is 4.57 Å². The van der Waals surface area contributed by atoms with Crippen molar-refractivity contribution >= 4 is 5.91 Å². The largest absolute Gasteiger partial charge is 0.308 e. The van der Waals surface area contributed by atoms with Gasteiger partial charge in [0.2, 0.25) is 0 Å². The molecule has 0 fully saturated rings. The number of nitrogens with one attached hydrogen (secondary N) is 1. The number of rotatable bonds is 3. The van der Waals surface area contributed by atoms with Gasteiger partial charge in [-0.2, -0.15) is 5.10 Å². The standard InChI is InChI=1S/C13H18N4O2/c1-13(2,3)19-15-11(18)10-9-14-16(4)12(10)17-7-5-6-8-17/h5-9H,1-4H3,(H,15,18). The van der Waals surface area contributed by atoms with E-state index in [0.717, 1.165) is 0 Å². The first-order valence-corrected chi connectivity index (χ1v) is 6.02. The maximum absolute atomic E-state index is 12.1. The van der Waals surface area contributed by atoms with E-state index in [2.05, 4.69) is 10.6 Å². The second-order valence-corrected chi connectivity index (χ2v) is 5.24. The lowest BCUT2D eigenvalue weighted by Crippen LogP contribution is -2.33. The highest BCUT2D eigenvalue weighted by atomic mass is 16.7. The van der Waals surface area contributed by atoms with Crippen molar-refractivity contribution in [2.45, 2.75) is 26.4 Å². The Kier molecular flexibility index (Phi) is 3.44. The van der Waals surface area contributed by atoms with Crippen LogP contribution in [0, 0.1) is 0 Å². The number of aryl methyl sites for hydroxylation is 1. The van der Waals surface area contributed by atoms with Crippen LogP contribution in [0.5, 0.6) is 0 Å². The molecule has 2 aromatic heterocycles. The molecule has 0 unspecified atom stereocenters. The Balaban J connectivity index is 2.24. The first kappa shape index (κ1) is 13.4. The molecular formula is C13H18N4O2. The molecule has 0 spiro atoms. The van der Waals surface area contributed by atoms with Crippen molar-refractivity contribution in [1.29, 1.82) is 0 Å². The Labute approximate surface area is 111 Å². The number of aromatic nitrogens is 3. The van der Waals surface area contributed by atoms with Gasteiger partial charge in [-0.3, -0.25) is 14.3 Å². The molecule has 6 nitrogen and oxygen atoms in total. The van der Waals surface area contributed by atoms with E-state index in [1.54, 1.807) is 11.7 Å². The minimum Gasteiger partial charge on any atom is -0.308 e. The van der Waals surface area contributed by atoms with E-state index < -0.39 is 5.60 Å². The topological polar surface area (TPSA) is 61.1 Å². The fourth-order valence-electron chi connectivity index (χ4n) is 1.63. The van der Waals surface area contributed by atoms with Crippen molar-refractivity contribution in [3.8, 4) is 5.82 Å². The van der Waals surface area contributed by atoms with Gasteiger partial charge in [0.1, 0.15) is 11.4 Å². The summed E-state index contributed by atoms with van der Waals surface area (Å²) in [6.45, 7) is 5.59. The third-order valence-corrected chi connectivity index (χ3v) is 2.45. The van der Waals surface area contributed by atoms with Crippen LogP contribution >= 0.6 is 0 Å². The fraction of sp³-hybridized carbons (Fsp3) is 0.385. The molecule has 1 amide bonds. The molecule has 2 aromatic rings. The molecule has 2 rings (SSSR count). The molecule has 0 saturated carbocycles. The van der Waals surface area contributed by atoms with Crippen LogP contribution < -0.4 is 5.48 Å². The Hall–Kier alpha value is -2.08. The van der Waals surface area contributed by atoms with E-state index in [1.807, 2.05) is 49.9 Å². The SMILES string of the molecule is Cn1ncc(C(=O)NOC(C)(C)C)c1-n1cccc1. The summed E-state index contributed by atoms with van der Waals surface area (Å²) in [4.78, 5) is 17.4. The van der Waals surface area contributed by atoms with E-state index in [-0.39, 0.29) is 5.91 Å². The number of carbonyl (C=O) groups is 1. The van der Waals surface area contributed by atoms with E-state index in [9.17, 15) is 4.79 Å². The summed E-state index contributed by atoms with van der Waals surface area (Å²) in [5.74, 6) is 0.381. The zero-order valence-electron chi connectivity index (χ0n) is 11.5. The number of carbonyl (C=O) groups excluding carboxylic acids is 1. The van der Waals surface area contributed by atoms with Crippen LogP contribution in [-0.4, -0.2) is 25.9 Å². The maximum Gasteiger partial charge on any atom is 0.280 e. The minimum absolute atomic E-state index is 0.313. The molecule has 0 saturated heterocycles. The average Bonchev–Trinajstić information content (AvgIpc) is 2.93. The highest BCUT2D eigenvalue weighted by Gasteiger charge is 2.19. The average molecular weight is 262 g/mol. The van der Waals surface area contributed by atoms with Crippen LogP contribution in [0.1, 0.15) is 31.1 Å². The molecule has 0 aliphatic carbocycles. The van der Waals surface area contributed by atoms with Gasteiger partial charge in [-0.25, -0.2) is 5.48 Å². The Morgan fingerprint density at radius 1 is 1.32 bits per heavy atom. The Morgan fingerprint density at radius 2 is 1.95 bits per heavy atom. The molecule has 0 bridgehead atoms. The first-order valence-electron chi connectivity index (χ1n) is 6.02. The van der Waals surface area contributed by atoms with Gasteiger partial charge in [0, 0.05) is 19.4 Å². The molecule has 102 valence electrons. The predicted octanol–water partition coefficient (Wildman–Crippen LogP) is 1.67.